The maximum atomic E-state index is 12.9. The fourth-order valence-electron chi connectivity index (χ4n) is 3.43. The quantitative estimate of drug-likeness (QED) is 0.363. The highest BCUT2D eigenvalue weighted by molar-refractivity contribution is 6.07. The van der Waals surface area contributed by atoms with Crippen molar-refractivity contribution in [2.75, 3.05) is 0 Å². The number of carbonyl (C=O) groups is 2. The molecule has 0 bridgehead atoms. The first-order valence-corrected chi connectivity index (χ1v) is 8.25. The van der Waals surface area contributed by atoms with E-state index >= 15 is 0 Å². The van der Waals surface area contributed by atoms with Crippen molar-refractivity contribution in [2.45, 2.75) is 33.8 Å². The van der Waals surface area contributed by atoms with Crippen LogP contribution >= 0.6 is 0 Å². The Balaban J connectivity index is 2.04. The van der Waals surface area contributed by atoms with Gasteiger partial charge >= 0.3 is 5.97 Å². The van der Waals surface area contributed by atoms with Crippen molar-refractivity contribution in [2.24, 2.45) is 10.8 Å². The first-order chi connectivity index (χ1) is 12.1. The Morgan fingerprint density at radius 2 is 1.69 bits per heavy atom. The van der Waals surface area contributed by atoms with Gasteiger partial charge in [-0.15, -0.1) is 0 Å². The van der Waals surface area contributed by atoms with Crippen LogP contribution in [0.5, 0.6) is 0 Å². The molecule has 1 fully saturated rings. The molecule has 2 aromatic rings. The maximum Gasteiger partial charge on any atom is 0.319 e. The molecule has 0 N–H and O–H groups in total. The third kappa shape index (κ3) is 2.60. The topological polar surface area (TPSA) is 91.4 Å². The molecule has 26 heavy (non-hydrogen) atoms. The van der Waals surface area contributed by atoms with E-state index in [-0.39, 0.29) is 11.5 Å². The molecule has 2 heterocycles. The second-order valence-corrected chi connectivity index (χ2v) is 7.54. The number of esters is 1. The van der Waals surface area contributed by atoms with E-state index in [0.717, 1.165) is 0 Å². The standard InChI is InChI=1S/C19H20N2O5/c1-18(2)15(26-17(23)19(3,4)16(18)22)14-6-5-11-20(14)12-7-9-13(10-8-12)21(24)25/h5-11,15H,1-4H3/t15-/m1/s1. The highest BCUT2D eigenvalue weighted by Gasteiger charge is 2.56. The van der Waals surface area contributed by atoms with Gasteiger partial charge in [0.25, 0.3) is 5.69 Å². The zero-order valence-corrected chi connectivity index (χ0v) is 15.1. The number of benzene rings is 1. The number of ether oxygens (including phenoxy) is 1. The Morgan fingerprint density at radius 1 is 1.08 bits per heavy atom. The zero-order chi connectivity index (χ0) is 19.3. The number of nitro benzene ring substituents is 1. The zero-order valence-electron chi connectivity index (χ0n) is 15.1. The first kappa shape index (κ1) is 17.8. The molecule has 0 spiro atoms. The smallest absolute Gasteiger partial charge is 0.319 e. The molecule has 1 atom stereocenters. The predicted octanol–water partition coefficient (Wildman–Crippen LogP) is 3.60. The largest absolute Gasteiger partial charge is 0.454 e. The molecule has 7 heteroatoms. The molecule has 7 nitrogen and oxygen atoms in total. The van der Waals surface area contributed by atoms with Gasteiger partial charge in [-0.1, -0.05) is 0 Å². The molecule has 0 saturated carbocycles. The Bertz CT molecular complexity index is 893. The van der Waals surface area contributed by atoms with E-state index in [1.165, 1.54) is 12.1 Å². The normalized spacial score (nSPS) is 21.3. The Labute approximate surface area is 150 Å². The second-order valence-electron chi connectivity index (χ2n) is 7.54. The van der Waals surface area contributed by atoms with E-state index in [0.29, 0.717) is 11.4 Å². The molecule has 3 rings (SSSR count). The molecule has 0 radical (unpaired) electrons. The lowest BCUT2D eigenvalue weighted by atomic mass is 9.67. The van der Waals surface area contributed by atoms with Crippen LogP contribution in [-0.4, -0.2) is 21.2 Å². The number of aromatic nitrogens is 1. The van der Waals surface area contributed by atoms with Crippen molar-refractivity contribution in [3.8, 4) is 5.69 Å². The van der Waals surface area contributed by atoms with E-state index in [4.69, 9.17) is 4.74 Å². The van der Waals surface area contributed by atoms with Crippen LogP contribution in [-0.2, 0) is 14.3 Å². The van der Waals surface area contributed by atoms with Crippen LogP contribution in [0.1, 0.15) is 39.5 Å². The van der Waals surface area contributed by atoms with E-state index in [1.54, 1.807) is 62.7 Å². The van der Waals surface area contributed by atoms with Crippen LogP contribution in [0.25, 0.3) is 5.69 Å². The maximum absolute atomic E-state index is 12.9. The first-order valence-electron chi connectivity index (χ1n) is 8.25. The van der Waals surface area contributed by atoms with Crippen molar-refractivity contribution in [3.05, 3.63) is 58.4 Å². The summed E-state index contributed by atoms with van der Waals surface area (Å²) in [5, 5.41) is 10.8. The number of cyclic esters (lactones) is 1. The number of hydrogen-bond donors (Lipinski definition) is 0. The molecule has 1 aromatic carbocycles. The van der Waals surface area contributed by atoms with Crippen molar-refractivity contribution in [1.29, 1.82) is 0 Å². The van der Waals surface area contributed by atoms with Gasteiger partial charge < -0.3 is 9.30 Å². The van der Waals surface area contributed by atoms with Gasteiger partial charge in [-0.05, 0) is 52.0 Å². The van der Waals surface area contributed by atoms with E-state index in [1.807, 2.05) is 0 Å². The van der Waals surface area contributed by atoms with Crippen molar-refractivity contribution in [1.82, 2.24) is 4.57 Å². The molecule has 1 aliphatic rings. The summed E-state index contributed by atoms with van der Waals surface area (Å²) in [4.78, 5) is 35.6. The summed E-state index contributed by atoms with van der Waals surface area (Å²) in [7, 11) is 0. The van der Waals surface area contributed by atoms with Gasteiger partial charge in [0.15, 0.2) is 11.9 Å². The average molecular weight is 356 g/mol. The molecule has 1 aromatic heterocycles. The summed E-state index contributed by atoms with van der Waals surface area (Å²) >= 11 is 0. The number of rotatable bonds is 3. The van der Waals surface area contributed by atoms with Gasteiger partial charge in [0.1, 0.15) is 5.41 Å². The van der Waals surface area contributed by atoms with Crippen LogP contribution in [0.4, 0.5) is 5.69 Å². The van der Waals surface area contributed by atoms with Crippen LogP contribution in [0.15, 0.2) is 42.6 Å². The minimum absolute atomic E-state index is 0.0104. The summed E-state index contributed by atoms with van der Waals surface area (Å²) in [6, 6.07) is 9.62. The Morgan fingerprint density at radius 3 is 2.27 bits per heavy atom. The van der Waals surface area contributed by atoms with Gasteiger partial charge in [-0.25, -0.2) is 0 Å². The van der Waals surface area contributed by atoms with Gasteiger partial charge in [0.2, 0.25) is 0 Å². The molecular weight excluding hydrogens is 336 g/mol. The summed E-state index contributed by atoms with van der Waals surface area (Å²) in [6.45, 7) is 6.68. The molecule has 0 amide bonds. The molecular formula is C19H20N2O5. The highest BCUT2D eigenvalue weighted by atomic mass is 16.6. The van der Waals surface area contributed by atoms with E-state index in [9.17, 15) is 19.7 Å². The number of carbonyl (C=O) groups excluding carboxylic acids is 2. The number of non-ortho nitro benzene ring substituents is 1. The van der Waals surface area contributed by atoms with Gasteiger partial charge in [-0.2, -0.15) is 0 Å². The van der Waals surface area contributed by atoms with Crippen molar-refractivity contribution < 1.29 is 19.2 Å². The molecule has 0 unspecified atom stereocenters. The number of hydrogen-bond acceptors (Lipinski definition) is 5. The van der Waals surface area contributed by atoms with E-state index in [2.05, 4.69) is 0 Å². The van der Waals surface area contributed by atoms with Crippen LogP contribution in [0.2, 0.25) is 0 Å². The molecule has 1 aliphatic heterocycles. The van der Waals surface area contributed by atoms with Crippen LogP contribution in [0.3, 0.4) is 0 Å². The predicted molar refractivity (Wildman–Crippen MR) is 93.8 cm³/mol. The summed E-state index contributed by atoms with van der Waals surface area (Å²) in [5.74, 6) is -0.731. The third-order valence-corrected chi connectivity index (χ3v) is 4.93. The average Bonchev–Trinajstić information content (AvgIpc) is 3.06. The fourth-order valence-corrected chi connectivity index (χ4v) is 3.43. The minimum Gasteiger partial charge on any atom is -0.454 e. The van der Waals surface area contributed by atoms with Gasteiger partial charge in [-0.3, -0.25) is 19.7 Å². The van der Waals surface area contributed by atoms with Gasteiger partial charge in [0.05, 0.1) is 16.0 Å². The van der Waals surface area contributed by atoms with Crippen molar-refractivity contribution in [3.63, 3.8) is 0 Å². The van der Waals surface area contributed by atoms with Crippen LogP contribution < -0.4 is 0 Å². The summed E-state index contributed by atoms with van der Waals surface area (Å²) in [5.41, 5.74) is -0.788. The number of nitrogens with zero attached hydrogens (tertiary/aromatic N) is 2. The lowest BCUT2D eigenvalue weighted by molar-refractivity contribution is -0.384. The minimum atomic E-state index is -1.19. The fraction of sp³-hybridized carbons (Fsp3) is 0.368. The molecule has 1 saturated heterocycles. The molecule has 0 aliphatic carbocycles. The lowest BCUT2D eigenvalue weighted by Gasteiger charge is -2.43. The SMILES string of the molecule is CC1(C)C(=O)O[C@H](c2cccn2-c2ccc([N+](=O)[O-])cc2)C(C)(C)C1=O. The molecule has 136 valence electrons. The monoisotopic (exact) mass is 356 g/mol. The Hall–Kier alpha value is -2.96. The van der Waals surface area contributed by atoms with Crippen molar-refractivity contribution >= 4 is 17.4 Å². The Kier molecular flexibility index (Phi) is 3.98. The summed E-state index contributed by atoms with van der Waals surface area (Å²) in [6.07, 6.45) is 1.02. The summed E-state index contributed by atoms with van der Waals surface area (Å²) < 4.78 is 7.44. The lowest BCUT2D eigenvalue weighted by Crippen LogP contribution is -2.52. The second kappa shape index (κ2) is 5.79. The third-order valence-electron chi connectivity index (χ3n) is 4.93. The number of ketones is 1. The number of Topliss-reactive ketones (excluding diaryl/α,β-unsaturated/α-hetero) is 1. The highest BCUT2D eigenvalue weighted by Crippen LogP contribution is 2.48. The van der Waals surface area contributed by atoms with Gasteiger partial charge in [0, 0.05) is 24.0 Å². The van der Waals surface area contributed by atoms with Crippen LogP contribution in [0, 0.1) is 20.9 Å². The number of nitro groups is 1. The van der Waals surface area contributed by atoms with E-state index < -0.39 is 27.8 Å².